The molecule has 0 rings (SSSR count). The Morgan fingerprint density at radius 2 is 1.82 bits per heavy atom. The number of hydrogen-bond donors (Lipinski definition) is 0. The third-order valence-corrected chi connectivity index (χ3v) is 1.52. The van der Waals surface area contributed by atoms with Crippen LogP contribution in [0.5, 0.6) is 0 Å². The zero-order valence-electron chi connectivity index (χ0n) is 6.66. The smallest absolute Gasteiger partial charge is 0.321 e. The number of ether oxygens (including phenoxy) is 1. The summed E-state index contributed by atoms with van der Waals surface area (Å²) in [5.41, 5.74) is 0. The SMILES string of the molecule is C.CCOC(F)(F)C(C)CC. The van der Waals surface area contributed by atoms with Crippen molar-refractivity contribution in [2.24, 2.45) is 5.92 Å². The van der Waals surface area contributed by atoms with E-state index >= 15 is 0 Å². The maximum absolute atomic E-state index is 12.6. The molecule has 1 nitrogen and oxygen atoms in total. The van der Waals surface area contributed by atoms with Crippen molar-refractivity contribution in [1.82, 2.24) is 0 Å². The highest BCUT2D eigenvalue weighted by atomic mass is 19.3. The van der Waals surface area contributed by atoms with Gasteiger partial charge in [-0.2, -0.15) is 8.78 Å². The Morgan fingerprint density at radius 3 is 2.09 bits per heavy atom. The third-order valence-electron chi connectivity index (χ3n) is 1.52. The van der Waals surface area contributed by atoms with Crippen molar-refractivity contribution in [3.05, 3.63) is 0 Å². The van der Waals surface area contributed by atoms with E-state index in [0.717, 1.165) is 0 Å². The molecule has 0 fully saturated rings. The van der Waals surface area contributed by atoms with Gasteiger partial charge in [-0.05, 0) is 13.3 Å². The molecule has 1 unspecified atom stereocenters. The fraction of sp³-hybridized carbons (Fsp3) is 1.00. The average Bonchev–Trinajstić information content (AvgIpc) is 1.86. The second-order valence-electron chi connectivity index (χ2n) is 2.30. The molecule has 0 radical (unpaired) electrons. The van der Waals surface area contributed by atoms with Gasteiger partial charge < -0.3 is 4.74 Å². The molecule has 0 aromatic heterocycles. The van der Waals surface area contributed by atoms with Crippen LogP contribution in [-0.2, 0) is 4.74 Å². The molecule has 11 heavy (non-hydrogen) atoms. The number of hydrogen-bond acceptors (Lipinski definition) is 1. The van der Waals surface area contributed by atoms with Gasteiger partial charge in [0.1, 0.15) is 0 Å². The Balaban J connectivity index is 0. The first-order valence-corrected chi connectivity index (χ1v) is 3.56. The molecule has 0 spiro atoms. The summed E-state index contributed by atoms with van der Waals surface area (Å²) in [6.45, 7) is 4.83. The van der Waals surface area contributed by atoms with E-state index in [1.54, 1.807) is 13.8 Å². The van der Waals surface area contributed by atoms with E-state index in [-0.39, 0.29) is 14.0 Å². The van der Waals surface area contributed by atoms with Crippen LogP contribution in [0.4, 0.5) is 8.78 Å². The van der Waals surface area contributed by atoms with Crippen molar-refractivity contribution in [3.63, 3.8) is 0 Å². The lowest BCUT2D eigenvalue weighted by atomic mass is 10.1. The molecule has 1 atom stereocenters. The van der Waals surface area contributed by atoms with Gasteiger partial charge >= 0.3 is 6.11 Å². The summed E-state index contributed by atoms with van der Waals surface area (Å²) in [6.07, 6.45) is -2.50. The zero-order valence-corrected chi connectivity index (χ0v) is 6.66. The van der Waals surface area contributed by atoms with Crippen molar-refractivity contribution in [2.45, 2.75) is 40.7 Å². The Hall–Kier alpha value is -0.180. The molecule has 0 saturated heterocycles. The van der Waals surface area contributed by atoms with Crippen molar-refractivity contribution in [2.75, 3.05) is 6.61 Å². The van der Waals surface area contributed by atoms with Crippen LogP contribution in [0.2, 0.25) is 0 Å². The number of alkyl halides is 2. The largest absolute Gasteiger partial charge is 0.358 e. The lowest BCUT2D eigenvalue weighted by Gasteiger charge is -2.21. The lowest BCUT2D eigenvalue weighted by Crippen LogP contribution is -2.29. The molecule has 3 heteroatoms. The average molecular weight is 168 g/mol. The van der Waals surface area contributed by atoms with Crippen LogP contribution in [0.25, 0.3) is 0 Å². The minimum atomic E-state index is -2.94. The number of rotatable bonds is 4. The van der Waals surface area contributed by atoms with E-state index in [4.69, 9.17) is 0 Å². The monoisotopic (exact) mass is 168 g/mol. The predicted molar refractivity (Wildman–Crippen MR) is 42.8 cm³/mol. The van der Waals surface area contributed by atoms with Gasteiger partial charge in [-0.15, -0.1) is 0 Å². The van der Waals surface area contributed by atoms with Crippen LogP contribution in [0.1, 0.15) is 34.6 Å². The molecule has 0 aliphatic rings. The summed E-state index contributed by atoms with van der Waals surface area (Å²) < 4.78 is 29.4. The predicted octanol–water partition coefficient (Wildman–Crippen LogP) is 3.30. The summed E-state index contributed by atoms with van der Waals surface area (Å²) in [7, 11) is 0. The van der Waals surface area contributed by atoms with Crippen LogP contribution in [0.15, 0.2) is 0 Å². The Kier molecular flexibility index (Phi) is 6.67. The molecule has 0 aromatic rings. The van der Waals surface area contributed by atoms with Gasteiger partial charge in [0.25, 0.3) is 0 Å². The van der Waals surface area contributed by atoms with E-state index in [2.05, 4.69) is 4.74 Å². The molecule has 0 saturated carbocycles. The maximum Gasteiger partial charge on any atom is 0.358 e. The minimum Gasteiger partial charge on any atom is -0.321 e. The van der Waals surface area contributed by atoms with Gasteiger partial charge in [0.05, 0.1) is 6.61 Å². The van der Waals surface area contributed by atoms with E-state index in [9.17, 15) is 8.78 Å². The highest BCUT2D eigenvalue weighted by Crippen LogP contribution is 2.27. The highest BCUT2D eigenvalue weighted by Gasteiger charge is 2.35. The summed E-state index contributed by atoms with van der Waals surface area (Å²) in [4.78, 5) is 0. The standard InChI is InChI=1S/C7H14F2O.CH4/c1-4-6(3)7(8,9)10-5-2;/h6H,4-5H2,1-3H3;1H4. The Morgan fingerprint density at radius 1 is 1.36 bits per heavy atom. The van der Waals surface area contributed by atoms with Crippen molar-refractivity contribution < 1.29 is 13.5 Å². The van der Waals surface area contributed by atoms with Crippen molar-refractivity contribution in [1.29, 1.82) is 0 Å². The molecule has 0 aliphatic carbocycles. The van der Waals surface area contributed by atoms with E-state index in [1.807, 2.05) is 0 Å². The van der Waals surface area contributed by atoms with Gasteiger partial charge in [-0.1, -0.05) is 21.3 Å². The summed E-state index contributed by atoms with van der Waals surface area (Å²) in [5, 5.41) is 0. The van der Waals surface area contributed by atoms with E-state index < -0.39 is 12.0 Å². The van der Waals surface area contributed by atoms with Crippen molar-refractivity contribution >= 4 is 0 Å². The zero-order chi connectivity index (χ0) is 8.20. The third kappa shape index (κ3) is 4.30. The summed E-state index contributed by atoms with van der Waals surface area (Å²) >= 11 is 0. The van der Waals surface area contributed by atoms with Crippen molar-refractivity contribution in [3.8, 4) is 0 Å². The van der Waals surface area contributed by atoms with E-state index in [1.165, 1.54) is 6.92 Å². The molecule has 0 bridgehead atoms. The fourth-order valence-electron chi connectivity index (χ4n) is 0.572. The number of halogens is 2. The minimum absolute atomic E-state index is 0. The molecular weight excluding hydrogens is 150 g/mol. The summed E-state index contributed by atoms with van der Waals surface area (Å²) in [6, 6.07) is 0. The summed E-state index contributed by atoms with van der Waals surface area (Å²) in [5.74, 6) is -0.688. The van der Waals surface area contributed by atoms with Crippen LogP contribution >= 0.6 is 0 Å². The van der Waals surface area contributed by atoms with Gasteiger partial charge in [0.2, 0.25) is 0 Å². The van der Waals surface area contributed by atoms with Gasteiger partial charge in [-0.3, -0.25) is 0 Å². The van der Waals surface area contributed by atoms with Gasteiger partial charge in [0, 0.05) is 5.92 Å². The quantitative estimate of drug-likeness (QED) is 0.625. The molecule has 0 amide bonds. The topological polar surface area (TPSA) is 9.23 Å². The van der Waals surface area contributed by atoms with Crippen LogP contribution in [0.3, 0.4) is 0 Å². The second-order valence-corrected chi connectivity index (χ2v) is 2.30. The first kappa shape index (κ1) is 13.4. The molecule has 0 N–H and O–H groups in total. The first-order chi connectivity index (χ1) is 4.54. The first-order valence-electron chi connectivity index (χ1n) is 3.56. The molecule has 0 aromatic carbocycles. The van der Waals surface area contributed by atoms with Crippen LogP contribution in [0, 0.1) is 5.92 Å². The molecule has 70 valence electrons. The fourth-order valence-corrected chi connectivity index (χ4v) is 0.572. The second kappa shape index (κ2) is 5.47. The molecular formula is C8H18F2O. The molecule has 0 aliphatic heterocycles. The highest BCUT2D eigenvalue weighted by molar-refractivity contribution is 4.60. The van der Waals surface area contributed by atoms with Gasteiger partial charge in [-0.25, -0.2) is 0 Å². The molecule has 0 heterocycles. The normalized spacial score (nSPS) is 13.9. The van der Waals surface area contributed by atoms with Crippen LogP contribution in [-0.4, -0.2) is 12.7 Å². The van der Waals surface area contributed by atoms with Crippen LogP contribution < -0.4 is 0 Å². The Labute approximate surface area is 67.7 Å². The van der Waals surface area contributed by atoms with Gasteiger partial charge in [0.15, 0.2) is 0 Å². The Bertz CT molecular complexity index is 94.1. The lowest BCUT2D eigenvalue weighted by molar-refractivity contribution is -0.266. The van der Waals surface area contributed by atoms with E-state index in [0.29, 0.717) is 6.42 Å². The maximum atomic E-state index is 12.6.